The Bertz CT molecular complexity index is 1360. The van der Waals surface area contributed by atoms with E-state index in [2.05, 4.69) is 20.0 Å². The van der Waals surface area contributed by atoms with E-state index in [1.165, 1.54) is 19.6 Å². The highest BCUT2D eigenvalue weighted by atomic mass is 35.5. The molecular formula is C23H25ClN4O6S2. The first kappa shape index (κ1) is 26.6. The first-order valence-corrected chi connectivity index (χ1v) is 13.6. The van der Waals surface area contributed by atoms with E-state index in [0.717, 1.165) is 11.3 Å². The summed E-state index contributed by atoms with van der Waals surface area (Å²) >= 11 is 7.22. The molecule has 4 atom stereocenters. The SMILES string of the molecule is CNS(=O)(=O)O[C@@H]1C[C@H](Nc2ncncc2C(=O)c2ccc([C@@](C)(O)c3cccc(Cl)c3)s2)C[C@@H]1O. The number of anilines is 1. The quantitative estimate of drug-likeness (QED) is 0.293. The van der Waals surface area contributed by atoms with E-state index in [9.17, 15) is 23.4 Å². The molecule has 3 aromatic rings. The van der Waals surface area contributed by atoms with Crippen molar-refractivity contribution >= 4 is 44.8 Å². The van der Waals surface area contributed by atoms with Gasteiger partial charge in [0.2, 0.25) is 5.78 Å². The van der Waals surface area contributed by atoms with Gasteiger partial charge >= 0.3 is 10.3 Å². The minimum Gasteiger partial charge on any atom is -0.390 e. The summed E-state index contributed by atoms with van der Waals surface area (Å²) in [5, 5.41) is 25.0. The lowest BCUT2D eigenvalue weighted by Crippen LogP contribution is -2.31. The van der Waals surface area contributed by atoms with Crippen LogP contribution in [-0.2, 0) is 20.1 Å². The minimum atomic E-state index is -3.97. The Labute approximate surface area is 217 Å². The van der Waals surface area contributed by atoms with Crippen LogP contribution in [-0.4, -0.2) is 59.7 Å². The molecule has 0 unspecified atom stereocenters. The molecule has 1 fully saturated rings. The summed E-state index contributed by atoms with van der Waals surface area (Å²) in [5.41, 5.74) is -0.557. The monoisotopic (exact) mass is 552 g/mol. The summed E-state index contributed by atoms with van der Waals surface area (Å²) in [4.78, 5) is 22.4. The third kappa shape index (κ3) is 5.75. The van der Waals surface area contributed by atoms with Gasteiger partial charge in [-0.3, -0.25) is 8.98 Å². The van der Waals surface area contributed by atoms with Crippen LogP contribution in [0.25, 0.3) is 0 Å². The summed E-state index contributed by atoms with van der Waals surface area (Å²) in [6.07, 6.45) is 1.11. The Morgan fingerprint density at radius 1 is 1.28 bits per heavy atom. The second kappa shape index (κ2) is 10.5. The van der Waals surface area contributed by atoms with Crippen molar-refractivity contribution in [3.05, 3.63) is 74.8 Å². The number of aliphatic hydroxyl groups is 2. The van der Waals surface area contributed by atoms with Gasteiger partial charge < -0.3 is 15.5 Å². The van der Waals surface area contributed by atoms with E-state index in [1.54, 1.807) is 43.3 Å². The molecule has 13 heteroatoms. The zero-order valence-electron chi connectivity index (χ0n) is 19.4. The Hall–Kier alpha value is -2.45. The van der Waals surface area contributed by atoms with Crippen molar-refractivity contribution in [2.75, 3.05) is 12.4 Å². The molecule has 0 bridgehead atoms. The number of halogens is 1. The van der Waals surface area contributed by atoms with E-state index in [4.69, 9.17) is 15.8 Å². The van der Waals surface area contributed by atoms with Gasteiger partial charge in [0.25, 0.3) is 0 Å². The molecule has 0 amide bonds. The number of carbonyl (C=O) groups is 1. The van der Waals surface area contributed by atoms with Gasteiger partial charge in [-0.25, -0.2) is 9.97 Å². The fourth-order valence-electron chi connectivity index (χ4n) is 4.00. The summed E-state index contributed by atoms with van der Waals surface area (Å²) in [7, 11) is -2.75. The maximum atomic E-state index is 13.4. The molecule has 0 aliphatic heterocycles. The second-order valence-corrected chi connectivity index (χ2v) is 11.6. The number of hydrogen-bond acceptors (Lipinski definition) is 10. The van der Waals surface area contributed by atoms with E-state index in [-0.39, 0.29) is 36.0 Å². The summed E-state index contributed by atoms with van der Waals surface area (Å²) in [6.45, 7) is 1.63. The van der Waals surface area contributed by atoms with E-state index in [1.807, 2.05) is 0 Å². The van der Waals surface area contributed by atoms with Crippen LogP contribution in [0.2, 0.25) is 5.02 Å². The van der Waals surface area contributed by atoms with Gasteiger partial charge in [0.05, 0.1) is 16.5 Å². The Morgan fingerprint density at radius 2 is 2.06 bits per heavy atom. The van der Waals surface area contributed by atoms with Crippen molar-refractivity contribution in [3.8, 4) is 0 Å². The number of aliphatic hydroxyl groups excluding tert-OH is 1. The van der Waals surface area contributed by atoms with Crippen LogP contribution >= 0.6 is 22.9 Å². The lowest BCUT2D eigenvalue weighted by Gasteiger charge is -2.22. The van der Waals surface area contributed by atoms with Crippen molar-refractivity contribution in [3.63, 3.8) is 0 Å². The van der Waals surface area contributed by atoms with Crippen LogP contribution in [0.4, 0.5) is 5.82 Å². The zero-order chi connectivity index (χ0) is 26.1. The Balaban J connectivity index is 1.52. The van der Waals surface area contributed by atoms with Crippen LogP contribution < -0.4 is 10.0 Å². The number of nitrogens with one attached hydrogen (secondary N) is 2. The molecule has 1 aromatic carbocycles. The Morgan fingerprint density at radius 3 is 2.78 bits per heavy atom. The first-order valence-electron chi connectivity index (χ1n) is 11.0. The standard InChI is InChI=1S/C23H25ClN4O6S2/c1-23(31,13-4-3-5-14(24)8-13)20-7-6-19(35-20)21(30)16-11-26-12-27-22(16)28-15-9-17(29)18(10-15)34-36(32,33)25-2/h3-8,11-12,15,17-18,25,29,31H,9-10H2,1-2H3,(H,26,27,28)/t15-,17+,18-,23+/m1/s1. The molecule has 192 valence electrons. The van der Waals surface area contributed by atoms with E-state index < -0.39 is 28.1 Å². The van der Waals surface area contributed by atoms with Gasteiger partial charge in [-0.15, -0.1) is 11.3 Å². The van der Waals surface area contributed by atoms with Gasteiger partial charge in [0, 0.05) is 29.2 Å². The van der Waals surface area contributed by atoms with E-state index >= 15 is 0 Å². The van der Waals surface area contributed by atoms with Crippen molar-refractivity contribution in [2.24, 2.45) is 0 Å². The molecule has 4 rings (SSSR count). The highest BCUT2D eigenvalue weighted by Crippen LogP contribution is 2.36. The van der Waals surface area contributed by atoms with Crippen LogP contribution in [0.3, 0.4) is 0 Å². The maximum Gasteiger partial charge on any atom is 0.335 e. The lowest BCUT2D eigenvalue weighted by molar-refractivity contribution is 0.0636. The number of aromatic nitrogens is 2. The fourth-order valence-corrected chi connectivity index (χ4v) is 5.85. The summed E-state index contributed by atoms with van der Waals surface area (Å²) < 4.78 is 30.4. The molecule has 10 nitrogen and oxygen atoms in total. The van der Waals surface area contributed by atoms with Crippen LogP contribution in [0.5, 0.6) is 0 Å². The van der Waals surface area contributed by atoms with Crippen LogP contribution in [0.15, 0.2) is 48.9 Å². The average molecular weight is 553 g/mol. The average Bonchev–Trinajstić information content (AvgIpc) is 3.46. The number of thiophene rings is 1. The topological polar surface area (TPSA) is 151 Å². The molecule has 1 saturated carbocycles. The molecule has 4 N–H and O–H groups in total. The maximum absolute atomic E-state index is 13.4. The molecular weight excluding hydrogens is 528 g/mol. The predicted octanol–water partition coefficient (Wildman–Crippen LogP) is 2.46. The normalized spacial score (nSPS) is 21.8. The van der Waals surface area contributed by atoms with Crippen LogP contribution in [0, 0.1) is 0 Å². The molecule has 1 aliphatic rings. The summed E-state index contributed by atoms with van der Waals surface area (Å²) in [6, 6.07) is 9.82. The molecule has 0 spiro atoms. The molecule has 2 aromatic heterocycles. The fraction of sp³-hybridized carbons (Fsp3) is 0.348. The van der Waals surface area contributed by atoms with Gasteiger partial charge in [0.1, 0.15) is 23.9 Å². The lowest BCUT2D eigenvalue weighted by atomic mass is 9.94. The largest absolute Gasteiger partial charge is 0.390 e. The van der Waals surface area contributed by atoms with Crippen molar-refractivity contribution in [1.82, 2.24) is 14.7 Å². The third-order valence-electron chi connectivity index (χ3n) is 5.97. The van der Waals surface area contributed by atoms with Crippen molar-refractivity contribution in [1.29, 1.82) is 0 Å². The zero-order valence-corrected chi connectivity index (χ0v) is 21.8. The van der Waals surface area contributed by atoms with Gasteiger partial charge in [-0.05, 0) is 49.6 Å². The van der Waals surface area contributed by atoms with E-state index in [0.29, 0.717) is 20.3 Å². The van der Waals surface area contributed by atoms with Gasteiger partial charge in [-0.1, -0.05) is 23.7 Å². The third-order valence-corrected chi connectivity index (χ3v) is 8.50. The van der Waals surface area contributed by atoms with Gasteiger partial charge in [0.15, 0.2) is 0 Å². The number of nitrogens with zero attached hydrogens (tertiary/aromatic N) is 2. The number of hydrogen-bond donors (Lipinski definition) is 4. The number of benzene rings is 1. The molecule has 0 radical (unpaired) electrons. The minimum absolute atomic E-state index is 0.186. The van der Waals surface area contributed by atoms with Crippen molar-refractivity contribution in [2.45, 2.75) is 43.6 Å². The van der Waals surface area contributed by atoms with Crippen molar-refractivity contribution < 1.29 is 27.6 Å². The Kier molecular flexibility index (Phi) is 7.76. The molecule has 36 heavy (non-hydrogen) atoms. The number of rotatable bonds is 9. The number of carbonyl (C=O) groups excluding carboxylic acids is 1. The molecule has 2 heterocycles. The smallest absolute Gasteiger partial charge is 0.335 e. The first-order chi connectivity index (χ1) is 17.0. The molecule has 0 saturated heterocycles. The highest BCUT2D eigenvalue weighted by molar-refractivity contribution is 7.84. The van der Waals surface area contributed by atoms with Crippen LogP contribution in [0.1, 0.15) is 45.4 Å². The predicted molar refractivity (Wildman–Crippen MR) is 135 cm³/mol. The second-order valence-electron chi connectivity index (χ2n) is 8.53. The summed E-state index contributed by atoms with van der Waals surface area (Å²) in [5.74, 6) is -0.0961. The van der Waals surface area contributed by atoms with Gasteiger partial charge in [-0.2, -0.15) is 13.1 Å². The highest BCUT2D eigenvalue weighted by Gasteiger charge is 2.37. The number of ketones is 1. The molecule has 1 aliphatic carbocycles.